The van der Waals surface area contributed by atoms with Crippen LogP contribution in [0.1, 0.15) is 34.1 Å². The van der Waals surface area contributed by atoms with E-state index in [2.05, 4.69) is 38.0 Å². The minimum atomic E-state index is 0.445. The Labute approximate surface area is 128 Å². The fourth-order valence-electron chi connectivity index (χ4n) is 1.62. The first-order chi connectivity index (χ1) is 9.99. The molecule has 0 fully saturated rings. The van der Waals surface area contributed by atoms with Gasteiger partial charge in [0.1, 0.15) is 5.82 Å². The van der Waals surface area contributed by atoms with E-state index in [1.165, 1.54) is 0 Å². The van der Waals surface area contributed by atoms with E-state index < -0.39 is 0 Å². The van der Waals surface area contributed by atoms with Crippen molar-refractivity contribution in [3.8, 4) is 5.88 Å². The molecule has 0 aliphatic heterocycles. The lowest BCUT2D eigenvalue weighted by molar-refractivity contribution is 0.110. The number of nitrogens with two attached hydrogens (primary N) is 1. The molecule has 1 aromatic rings. The number of pyridine rings is 1. The van der Waals surface area contributed by atoms with Crippen LogP contribution >= 0.6 is 0 Å². The molecule has 0 unspecified atom stereocenters. The predicted molar refractivity (Wildman–Crippen MR) is 87.7 cm³/mol. The molecule has 5 nitrogen and oxygen atoms in total. The van der Waals surface area contributed by atoms with E-state index in [9.17, 15) is 0 Å². The molecule has 3 N–H and O–H groups in total. The number of rotatable bonds is 10. The number of ether oxygens (including phenoxy) is 2. The van der Waals surface area contributed by atoms with Crippen LogP contribution in [0, 0.1) is 11.8 Å². The van der Waals surface area contributed by atoms with Gasteiger partial charge in [0.15, 0.2) is 0 Å². The molecule has 0 saturated carbocycles. The highest BCUT2D eigenvalue weighted by molar-refractivity contribution is 5.53. The monoisotopic (exact) mass is 295 g/mol. The third-order valence-electron chi connectivity index (χ3n) is 2.67. The number of hydrogen-bond acceptors (Lipinski definition) is 5. The summed E-state index contributed by atoms with van der Waals surface area (Å²) >= 11 is 0. The number of nitrogens with zero attached hydrogens (tertiary/aromatic N) is 1. The number of nitrogen functional groups attached to an aromatic ring is 1. The van der Waals surface area contributed by atoms with Crippen LogP contribution < -0.4 is 15.8 Å². The van der Waals surface area contributed by atoms with E-state index in [0.717, 1.165) is 32.0 Å². The van der Waals surface area contributed by atoms with Crippen LogP contribution in [0.3, 0.4) is 0 Å². The van der Waals surface area contributed by atoms with Crippen molar-refractivity contribution in [3.63, 3.8) is 0 Å². The van der Waals surface area contributed by atoms with Crippen molar-refractivity contribution in [1.82, 2.24) is 4.98 Å². The molecule has 0 aromatic carbocycles. The van der Waals surface area contributed by atoms with Crippen LogP contribution in [0.5, 0.6) is 5.88 Å². The van der Waals surface area contributed by atoms with Gasteiger partial charge in [-0.2, -0.15) is 4.98 Å². The lowest BCUT2D eigenvalue weighted by Crippen LogP contribution is -2.11. The number of hydrogen-bond donors (Lipinski definition) is 2. The smallest absolute Gasteiger partial charge is 0.239 e. The molecule has 0 bridgehead atoms. The Morgan fingerprint density at radius 2 is 1.86 bits per heavy atom. The highest BCUT2D eigenvalue weighted by atomic mass is 16.5. The number of nitrogens with one attached hydrogen (secondary N) is 1. The molecule has 0 spiro atoms. The summed E-state index contributed by atoms with van der Waals surface area (Å²) in [5, 5.41) is 3.26. The lowest BCUT2D eigenvalue weighted by atomic mass is 10.2. The molecule has 5 heteroatoms. The van der Waals surface area contributed by atoms with Crippen LogP contribution in [0.4, 0.5) is 11.5 Å². The largest absolute Gasteiger partial charge is 0.476 e. The summed E-state index contributed by atoms with van der Waals surface area (Å²) in [5.74, 6) is 2.31. The van der Waals surface area contributed by atoms with Gasteiger partial charge in [-0.05, 0) is 30.4 Å². The van der Waals surface area contributed by atoms with Gasteiger partial charge in [0, 0.05) is 19.8 Å². The zero-order valence-corrected chi connectivity index (χ0v) is 13.7. The summed E-state index contributed by atoms with van der Waals surface area (Å²) in [5.41, 5.74) is 6.43. The SMILES string of the molecule is CC(C)COCCCNc1ccc(N)c(OCC(C)C)n1. The van der Waals surface area contributed by atoms with E-state index >= 15 is 0 Å². The van der Waals surface area contributed by atoms with Crippen LogP contribution in [0.15, 0.2) is 12.1 Å². The molecule has 0 aliphatic carbocycles. The molecule has 120 valence electrons. The van der Waals surface area contributed by atoms with Gasteiger partial charge in [-0.1, -0.05) is 27.7 Å². The Morgan fingerprint density at radius 3 is 2.52 bits per heavy atom. The second kappa shape index (κ2) is 9.45. The summed E-state index contributed by atoms with van der Waals surface area (Å²) in [6.07, 6.45) is 0.945. The first-order valence-corrected chi connectivity index (χ1v) is 7.70. The minimum Gasteiger partial charge on any atom is -0.476 e. The van der Waals surface area contributed by atoms with Crippen LogP contribution in [-0.4, -0.2) is 31.3 Å². The average Bonchev–Trinajstić information content (AvgIpc) is 2.42. The molecule has 0 aliphatic rings. The fourth-order valence-corrected chi connectivity index (χ4v) is 1.62. The van der Waals surface area contributed by atoms with Gasteiger partial charge >= 0.3 is 0 Å². The summed E-state index contributed by atoms with van der Waals surface area (Å²) in [4.78, 5) is 4.39. The highest BCUT2D eigenvalue weighted by Gasteiger charge is 2.05. The first kappa shape index (κ1) is 17.6. The third kappa shape index (κ3) is 7.75. The molecule has 1 aromatic heterocycles. The highest BCUT2D eigenvalue weighted by Crippen LogP contribution is 2.21. The Balaban J connectivity index is 2.33. The molecular formula is C16H29N3O2. The summed E-state index contributed by atoms with van der Waals surface area (Å²) in [6, 6.07) is 3.69. The minimum absolute atomic E-state index is 0.445. The molecule has 0 amide bonds. The van der Waals surface area contributed by atoms with E-state index in [1.54, 1.807) is 0 Å². The van der Waals surface area contributed by atoms with Crippen LogP contribution in [-0.2, 0) is 4.74 Å². The van der Waals surface area contributed by atoms with E-state index in [1.807, 2.05) is 12.1 Å². The van der Waals surface area contributed by atoms with Gasteiger partial charge in [0.25, 0.3) is 0 Å². The molecule has 1 heterocycles. The second-order valence-corrected chi connectivity index (χ2v) is 6.04. The van der Waals surface area contributed by atoms with Crippen LogP contribution in [0.25, 0.3) is 0 Å². The average molecular weight is 295 g/mol. The predicted octanol–water partition coefficient (Wildman–Crippen LogP) is 3.17. The number of aromatic nitrogens is 1. The topological polar surface area (TPSA) is 69.4 Å². The maximum Gasteiger partial charge on any atom is 0.239 e. The maximum absolute atomic E-state index is 5.86. The van der Waals surface area contributed by atoms with Gasteiger partial charge in [0.05, 0.1) is 12.3 Å². The zero-order chi connectivity index (χ0) is 15.7. The van der Waals surface area contributed by atoms with Gasteiger partial charge in [-0.25, -0.2) is 0 Å². The summed E-state index contributed by atoms with van der Waals surface area (Å²) in [6.45, 7) is 11.5. The first-order valence-electron chi connectivity index (χ1n) is 7.70. The van der Waals surface area contributed by atoms with Crippen molar-refractivity contribution < 1.29 is 9.47 Å². The van der Waals surface area contributed by atoms with Crippen molar-refractivity contribution in [2.45, 2.75) is 34.1 Å². The van der Waals surface area contributed by atoms with Crippen molar-refractivity contribution in [3.05, 3.63) is 12.1 Å². The molecule has 1 rings (SSSR count). The van der Waals surface area contributed by atoms with E-state index in [-0.39, 0.29) is 0 Å². The van der Waals surface area contributed by atoms with Gasteiger partial charge in [-0.3, -0.25) is 0 Å². The van der Waals surface area contributed by atoms with Crippen LogP contribution in [0.2, 0.25) is 0 Å². The van der Waals surface area contributed by atoms with Gasteiger partial charge in [0.2, 0.25) is 5.88 Å². The van der Waals surface area contributed by atoms with Crippen molar-refractivity contribution in [2.24, 2.45) is 11.8 Å². The fraction of sp³-hybridized carbons (Fsp3) is 0.688. The zero-order valence-electron chi connectivity index (χ0n) is 13.7. The summed E-state index contributed by atoms with van der Waals surface area (Å²) < 4.78 is 11.1. The number of anilines is 2. The molecule has 0 saturated heterocycles. The maximum atomic E-state index is 5.86. The van der Waals surface area contributed by atoms with Crippen molar-refractivity contribution in [2.75, 3.05) is 37.4 Å². The standard InChI is InChI=1S/C16H29N3O2/c1-12(2)10-20-9-5-8-18-15-7-6-14(17)16(19-15)21-11-13(3)4/h6-7,12-13H,5,8-11,17H2,1-4H3,(H,18,19). The quantitative estimate of drug-likeness (QED) is 0.649. The van der Waals surface area contributed by atoms with E-state index in [0.29, 0.717) is 30.0 Å². The Bertz CT molecular complexity index is 409. The van der Waals surface area contributed by atoms with Gasteiger partial charge in [-0.15, -0.1) is 0 Å². The molecule has 0 radical (unpaired) electrons. The van der Waals surface area contributed by atoms with Crippen molar-refractivity contribution in [1.29, 1.82) is 0 Å². The van der Waals surface area contributed by atoms with Crippen molar-refractivity contribution >= 4 is 11.5 Å². The third-order valence-corrected chi connectivity index (χ3v) is 2.67. The molecule has 21 heavy (non-hydrogen) atoms. The molecule has 0 atom stereocenters. The second-order valence-electron chi connectivity index (χ2n) is 6.04. The summed E-state index contributed by atoms with van der Waals surface area (Å²) in [7, 11) is 0. The Kier molecular flexibility index (Phi) is 7.90. The normalized spacial score (nSPS) is 11.1. The van der Waals surface area contributed by atoms with Gasteiger partial charge < -0.3 is 20.5 Å². The Morgan fingerprint density at radius 1 is 1.14 bits per heavy atom. The lowest BCUT2D eigenvalue weighted by Gasteiger charge is -2.12. The Hall–Kier alpha value is -1.49. The molecular weight excluding hydrogens is 266 g/mol. The van der Waals surface area contributed by atoms with E-state index in [4.69, 9.17) is 15.2 Å².